The minimum atomic E-state index is -1.30. The molecule has 1 aromatic carbocycles. The van der Waals surface area contributed by atoms with Crippen LogP contribution in [0.2, 0.25) is 0 Å². The molecule has 0 saturated heterocycles. The van der Waals surface area contributed by atoms with E-state index in [4.69, 9.17) is 5.11 Å². The van der Waals surface area contributed by atoms with E-state index in [0.29, 0.717) is 5.71 Å². The summed E-state index contributed by atoms with van der Waals surface area (Å²) in [5.41, 5.74) is 0.119. The van der Waals surface area contributed by atoms with Crippen LogP contribution in [0.15, 0.2) is 47.5 Å². The second kappa shape index (κ2) is 4.96. The Labute approximate surface area is 124 Å². The Morgan fingerprint density at radius 1 is 1.23 bits per heavy atom. The first-order valence-electron chi connectivity index (χ1n) is 6.37. The normalized spacial score (nSPS) is 19.9. The van der Waals surface area contributed by atoms with Crippen LogP contribution in [0.3, 0.4) is 0 Å². The van der Waals surface area contributed by atoms with Crippen molar-refractivity contribution in [3.05, 3.63) is 48.1 Å². The quantitative estimate of drug-likeness (QED) is 0.864. The van der Waals surface area contributed by atoms with Crippen LogP contribution in [0.5, 0.6) is 5.75 Å². The van der Waals surface area contributed by atoms with Crippen LogP contribution in [0, 0.1) is 5.92 Å². The summed E-state index contributed by atoms with van der Waals surface area (Å²) in [7, 11) is 0. The summed E-state index contributed by atoms with van der Waals surface area (Å²) < 4.78 is 0. The number of hydrogen-bond acceptors (Lipinski definition) is 4. The first-order valence-corrected chi connectivity index (χ1v) is 6.37. The van der Waals surface area contributed by atoms with Crippen molar-refractivity contribution in [1.29, 1.82) is 0 Å². The van der Waals surface area contributed by atoms with Gasteiger partial charge < -0.3 is 10.2 Å². The van der Waals surface area contributed by atoms with Gasteiger partial charge in [-0.1, -0.05) is 18.2 Å². The van der Waals surface area contributed by atoms with Gasteiger partial charge in [-0.3, -0.25) is 4.79 Å². The molecule has 1 unspecified atom stereocenters. The van der Waals surface area contributed by atoms with Gasteiger partial charge in [-0.25, -0.2) is 14.5 Å². The van der Waals surface area contributed by atoms with Gasteiger partial charge >= 0.3 is 12.0 Å². The van der Waals surface area contributed by atoms with E-state index in [-0.39, 0.29) is 11.3 Å². The molecule has 1 aromatic rings. The van der Waals surface area contributed by atoms with Crippen molar-refractivity contribution in [3.8, 4) is 5.75 Å². The van der Waals surface area contributed by atoms with E-state index < -0.39 is 29.6 Å². The lowest BCUT2D eigenvalue weighted by molar-refractivity contribution is -0.118. The molecule has 0 aromatic heterocycles. The maximum Gasteiger partial charge on any atom is 0.355 e. The SMILES string of the molecule is O=C(O)c1ccc(N2C(=O)N=C3C=CC=CC3C2=O)cc1O. The van der Waals surface area contributed by atoms with Crippen LogP contribution in [-0.4, -0.2) is 33.8 Å². The Morgan fingerprint density at radius 2 is 2.00 bits per heavy atom. The van der Waals surface area contributed by atoms with Crippen LogP contribution < -0.4 is 4.90 Å². The molecule has 7 heteroatoms. The highest BCUT2D eigenvalue weighted by Gasteiger charge is 2.36. The number of carbonyl (C=O) groups is 3. The monoisotopic (exact) mass is 298 g/mol. The fourth-order valence-corrected chi connectivity index (χ4v) is 2.32. The van der Waals surface area contributed by atoms with Gasteiger partial charge in [-0.2, -0.15) is 4.99 Å². The zero-order valence-corrected chi connectivity index (χ0v) is 11.1. The van der Waals surface area contributed by atoms with E-state index in [1.807, 2.05) is 0 Å². The number of aromatic carboxylic acids is 1. The van der Waals surface area contributed by atoms with Crippen molar-refractivity contribution < 1.29 is 24.6 Å². The largest absolute Gasteiger partial charge is 0.507 e. The van der Waals surface area contributed by atoms with Gasteiger partial charge in [-0.15, -0.1) is 0 Å². The highest BCUT2D eigenvalue weighted by Crippen LogP contribution is 2.29. The number of urea groups is 1. The van der Waals surface area contributed by atoms with Crippen molar-refractivity contribution in [1.82, 2.24) is 0 Å². The fourth-order valence-electron chi connectivity index (χ4n) is 2.32. The summed E-state index contributed by atoms with van der Waals surface area (Å²) in [6, 6.07) is 2.69. The molecule has 1 heterocycles. The summed E-state index contributed by atoms with van der Waals surface area (Å²) in [6.07, 6.45) is 6.56. The van der Waals surface area contributed by atoms with E-state index in [0.717, 1.165) is 17.0 Å². The predicted molar refractivity (Wildman–Crippen MR) is 77.2 cm³/mol. The maximum atomic E-state index is 12.4. The predicted octanol–water partition coefficient (Wildman–Crippen LogP) is 1.74. The number of phenols is 1. The van der Waals surface area contributed by atoms with Crippen molar-refractivity contribution in [3.63, 3.8) is 0 Å². The highest BCUT2D eigenvalue weighted by molar-refractivity contribution is 6.30. The Hall–Kier alpha value is -3.22. The lowest BCUT2D eigenvalue weighted by Crippen LogP contribution is -2.46. The number of aromatic hydroxyl groups is 1. The lowest BCUT2D eigenvalue weighted by Gasteiger charge is -2.28. The molecule has 0 radical (unpaired) electrons. The summed E-state index contributed by atoms with van der Waals surface area (Å²) in [6.45, 7) is 0. The summed E-state index contributed by atoms with van der Waals surface area (Å²) in [4.78, 5) is 40.0. The molecule has 1 atom stereocenters. The number of hydrogen-bond donors (Lipinski definition) is 2. The minimum Gasteiger partial charge on any atom is -0.507 e. The standard InChI is InChI=1S/C15H10N2O5/c18-12-7-8(5-6-10(12)14(20)21)17-13(19)9-3-1-2-4-11(9)16-15(17)22/h1-7,9,18H,(H,20,21). The number of imide groups is 1. The van der Waals surface area contributed by atoms with Gasteiger partial charge in [0.25, 0.3) is 0 Å². The molecular formula is C15H10N2O5. The fraction of sp³-hybridized carbons (Fsp3) is 0.0667. The molecule has 0 spiro atoms. The van der Waals surface area contributed by atoms with Crippen molar-refractivity contribution in [2.24, 2.45) is 10.9 Å². The van der Waals surface area contributed by atoms with E-state index >= 15 is 0 Å². The molecule has 0 saturated carbocycles. The van der Waals surface area contributed by atoms with Crippen LogP contribution in [0.25, 0.3) is 0 Å². The van der Waals surface area contributed by atoms with Crippen molar-refractivity contribution >= 4 is 29.3 Å². The van der Waals surface area contributed by atoms with E-state index in [2.05, 4.69) is 4.99 Å². The van der Waals surface area contributed by atoms with Crippen LogP contribution >= 0.6 is 0 Å². The van der Waals surface area contributed by atoms with E-state index in [1.165, 1.54) is 6.07 Å². The molecule has 3 amide bonds. The lowest BCUT2D eigenvalue weighted by atomic mass is 9.95. The second-order valence-corrected chi connectivity index (χ2v) is 4.72. The molecule has 0 fully saturated rings. The third-order valence-corrected chi connectivity index (χ3v) is 3.37. The summed E-state index contributed by atoms with van der Waals surface area (Å²) in [5.74, 6) is -3.00. The average molecular weight is 298 g/mol. The molecule has 110 valence electrons. The third kappa shape index (κ3) is 2.08. The van der Waals surface area contributed by atoms with Crippen LogP contribution in [0.4, 0.5) is 10.5 Å². The second-order valence-electron chi connectivity index (χ2n) is 4.72. The molecule has 3 rings (SSSR count). The van der Waals surface area contributed by atoms with Crippen LogP contribution in [-0.2, 0) is 4.79 Å². The van der Waals surface area contributed by atoms with Gasteiger partial charge in [0.1, 0.15) is 11.3 Å². The van der Waals surface area contributed by atoms with Gasteiger partial charge in [0.2, 0.25) is 5.91 Å². The number of allylic oxidation sites excluding steroid dienone is 3. The van der Waals surface area contributed by atoms with Gasteiger partial charge in [0, 0.05) is 6.07 Å². The minimum absolute atomic E-state index is 0.0725. The molecule has 1 aliphatic heterocycles. The maximum absolute atomic E-state index is 12.4. The molecule has 2 aliphatic rings. The average Bonchev–Trinajstić information content (AvgIpc) is 2.47. The zero-order valence-electron chi connectivity index (χ0n) is 11.1. The number of carbonyl (C=O) groups excluding carboxylic acids is 2. The molecule has 2 N–H and O–H groups in total. The van der Waals surface area contributed by atoms with E-state index in [1.54, 1.807) is 24.3 Å². The third-order valence-electron chi connectivity index (χ3n) is 3.37. The molecular weight excluding hydrogens is 288 g/mol. The first-order chi connectivity index (χ1) is 10.5. The smallest absolute Gasteiger partial charge is 0.355 e. The van der Waals surface area contributed by atoms with Gasteiger partial charge in [-0.05, 0) is 18.2 Å². The first kappa shape index (κ1) is 13.7. The number of carboxylic acid groups (broad SMARTS) is 1. The Bertz CT molecular complexity index is 791. The van der Waals surface area contributed by atoms with Crippen molar-refractivity contribution in [2.75, 3.05) is 4.90 Å². The Balaban J connectivity index is 2.03. The number of benzene rings is 1. The summed E-state index contributed by atoms with van der Waals surface area (Å²) in [5, 5.41) is 18.6. The van der Waals surface area contributed by atoms with E-state index in [9.17, 15) is 19.5 Å². The van der Waals surface area contributed by atoms with Gasteiger partial charge in [0.15, 0.2) is 0 Å². The number of nitrogens with zero attached hydrogens (tertiary/aromatic N) is 2. The van der Waals surface area contributed by atoms with Crippen LogP contribution in [0.1, 0.15) is 10.4 Å². The Morgan fingerprint density at radius 3 is 2.68 bits per heavy atom. The topological polar surface area (TPSA) is 107 Å². The number of rotatable bonds is 2. The zero-order chi connectivity index (χ0) is 15.9. The molecule has 1 aliphatic carbocycles. The number of fused-ring (bicyclic) bond motifs is 1. The number of carboxylic acids is 1. The number of amides is 3. The molecule has 7 nitrogen and oxygen atoms in total. The molecule has 0 bridgehead atoms. The Kier molecular flexibility index (Phi) is 3.10. The molecule has 22 heavy (non-hydrogen) atoms. The summed E-state index contributed by atoms with van der Waals surface area (Å²) >= 11 is 0. The van der Waals surface area contributed by atoms with Crippen molar-refractivity contribution in [2.45, 2.75) is 0 Å². The van der Waals surface area contributed by atoms with Gasteiger partial charge in [0.05, 0.1) is 17.3 Å². The number of aliphatic imine (C=N–C) groups is 1. The highest BCUT2D eigenvalue weighted by atomic mass is 16.4. The number of anilines is 1.